The third kappa shape index (κ3) is 4.74. The van der Waals surface area contributed by atoms with Crippen LogP contribution in [0.15, 0.2) is 42.5 Å². The summed E-state index contributed by atoms with van der Waals surface area (Å²) in [5.41, 5.74) is -0.223. The number of ether oxygens (including phenoxy) is 1. The van der Waals surface area contributed by atoms with Gasteiger partial charge in [0.15, 0.2) is 5.78 Å². The SMILES string of the molecule is Cc1cc(Cl)ccc1OCC(=O)C(C#N)c1cccc(C(F)(F)F)c1. The molecule has 2 rings (SSSR count). The number of ketones is 1. The molecule has 0 radical (unpaired) electrons. The third-order valence-electron chi connectivity index (χ3n) is 3.51. The monoisotopic (exact) mass is 367 g/mol. The average molecular weight is 368 g/mol. The van der Waals surface area contributed by atoms with Crippen LogP contribution in [0, 0.1) is 18.3 Å². The number of halogens is 4. The maximum atomic E-state index is 12.8. The van der Waals surface area contributed by atoms with E-state index in [4.69, 9.17) is 16.3 Å². The highest BCUT2D eigenvalue weighted by Crippen LogP contribution is 2.31. The molecule has 130 valence electrons. The van der Waals surface area contributed by atoms with Crippen molar-refractivity contribution in [1.29, 1.82) is 5.26 Å². The van der Waals surface area contributed by atoms with Gasteiger partial charge in [-0.15, -0.1) is 0 Å². The summed E-state index contributed by atoms with van der Waals surface area (Å²) in [6.07, 6.45) is -4.55. The van der Waals surface area contributed by atoms with E-state index in [1.54, 1.807) is 31.2 Å². The fraction of sp³-hybridized carbons (Fsp3) is 0.222. The van der Waals surface area contributed by atoms with E-state index in [-0.39, 0.29) is 5.56 Å². The molecule has 0 heterocycles. The van der Waals surface area contributed by atoms with E-state index in [1.807, 2.05) is 0 Å². The van der Waals surface area contributed by atoms with Crippen molar-refractivity contribution >= 4 is 17.4 Å². The van der Waals surface area contributed by atoms with Crippen molar-refractivity contribution in [1.82, 2.24) is 0 Å². The van der Waals surface area contributed by atoms with Gasteiger partial charge in [0.2, 0.25) is 0 Å². The summed E-state index contributed by atoms with van der Waals surface area (Å²) >= 11 is 5.83. The van der Waals surface area contributed by atoms with Gasteiger partial charge in [0.1, 0.15) is 18.3 Å². The van der Waals surface area contributed by atoms with Crippen LogP contribution in [0.3, 0.4) is 0 Å². The molecule has 0 bridgehead atoms. The number of aryl methyl sites for hydroxylation is 1. The zero-order chi connectivity index (χ0) is 18.6. The average Bonchev–Trinajstić information content (AvgIpc) is 2.54. The highest BCUT2D eigenvalue weighted by atomic mass is 35.5. The normalized spacial score (nSPS) is 12.3. The molecule has 0 aliphatic carbocycles. The minimum Gasteiger partial charge on any atom is -0.485 e. The zero-order valence-corrected chi connectivity index (χ0v) is 13.9. The first-order valence-electron chi connectivity index (χ1n) is 7.21. The van der Waals surface area contributed by atoms with Crippen LogP contribution in [0.1, 0.15) is 22.6 Å². The molecule has 0 N–H and O–H groups in total. The lowest BCUT2D eigenvalue weighted by Crippen LogP contribution is -2.20. The van der Waals surface area contributed by atoms with Gasteiger partial charge in [-0.25, -0.2) is 0 Å². The fourth-order valence-corrected chi connectivity index (χ4v) is 2.46. The highest BCUT2D eigenvalue weighted by Gasteiger charge is 2.32. The van der Waals surface area contributed by atoms with Gasteiger partial charge in [-0.2, -0.15) is 18.4 Å². The van der Waals surface area contributed by atoms with E-state index < -0.39 is 30.0 Å². The Hall–Kier alpha value is -2.52. The van der Waals surface area contributed by atoms with Gasteiger partial charge >= 0.3 is 6.18 Å². The molecule has 0 aromatic heterocycles. The standard InChI is InChI=1S/C18H13ClF3NO2/c1-11-7-14(19)5-6-17(11)25-10-16(24)15(9-23)12-3-2-4-13(8-12)18(20,21)22/h2-8,15H,10H2,1H3. The molecule has 0 amide bonds. The third-order valence-corrected chi connectivity index (χ3v) is 3.74. The summed E-state index contributed by atoms with van der Waals surface area (Å²) in [7, 11) is 0. The number of rotatable bonds is 5. The van der Waals surface area contributed by atoms with Gasteiger partial charge in [0, 0.05) is 5.02 Å². The second kappa shape index (κ2) is 7.58. The minimum absolute atomic E-state index is 0.0150. The number of hydrogen-bond acceptors (Lipinski definition) is 3. The van der Waals surface area contributed by atoms with Gasteiger partial charge in [0.05, 0.1) is 11.6 Å². The van der Waals surface area contributed by atoms with E-state index in [0.717, 1.165) is 12.1 Å². The van der Waals surface area contributed by atoms with Gasteiger partial charge in [-0.1, -0.05) is 29.8 Å². The molecule has 0 aliphatic heterocycles. The van der Waals surface area contributed by atoms with Crippen LogP contribution in [-0.2, 0) is 11.0 Å². The number of benzene rings is 2. The Morgan fingerprint density at radius 2 is 2.00 bits per heavy atom. The number of hydrogen-bond donors (Lipinski definition) is 0. The van der Waals surface area contributed by atoms with Gasteiger partial charge in [-0.3, -0.25) is 4.79 Å². The molecule has 0 spiro atoms. The molecule has 3 nitrogen and oxygen atoms in total. The predicted molar refractivity (Wildman–Crippen MR) is 86.5 cm³/mol. The molecule has 7 heteroatoms. The Balaban J connectivity index is 2.15. The van der Waals surface area contributed by atoms with Crippen LogP contribution >= 0.6 is 11.6 Å². The lowest BCUT2D eigenvalue weighted by molar-refractivity contribution is -0.137. The number of carbonyl (C=O) groups excluding carboxylic acids is 1. The van der Waals surface area contributed by atoms with Gasteiger partial charge in [-0.05, 0) is 42.3 Å². The fourth-order valence-electron chi connectivity index (χ4n) is 2.23. The van der Waals surface area contributed by atoms with Crippen LogP contribution in [0.2, 0.25) is 5.02 Å². The number of nitriles is 1. The molecule has 2 aromatic carbocycles. The molecular formula is C18H13ClF3NO2. The van der Waals surface area contributed by atoms with Crippen LogP contribution in [0.4, 0.5) is 13.2 Å². The minimum atomic E-state index is -4.55. The van der Waals surface area contributed by atoms with E-state index in [2.05, 4.69) is 0 Å². The second-order valence-corrected chi connectivity index (χ2v) is 5.79. The molecule has 1 atom stereocenters. The Morgan fingerprint density at radius 3 is 2.60 bits per heavy atom. The first-order chi connectivity index (χ1) is 11.7. The smallest absolute Gasteiger partial charge is 0.416 e. The van der Waals surface area contributed by atoms with Crippen molar-refractivity contribution < 1.29 is 22.7 Å². The lowest BCUT2D eigenvalue weighted by atomic mass is 9.95. The van der Waals surface area contributed by atoms with E-state index in [0.29, 0.717) is 16.3 Å². The van der Waals surface area contributed by atoms with Crippen LogP contribution in [0.5, 0.6) is 5.75 Å². The first kappa shape index (κ1) is 18.8. The summed E-state index contributed by atoms with van der Waals surface area (Å²) in [5, 5.41) is 9.72. The lowest BCUT2D eigenvalue weighted by Gasteiger charge is -2.13. The summed E-state index contributed by atoms with van der Waals surface area (Å²) in [6.45, 7) is 1.30. The predicted octanol–water partition coefficient (Wildman–Crippen LogP) is 4.92. The molecule has 0 aliphatic rings. The quantitative estimate of drug-likeness (QED) is 0.753. The largest absolute Gasteiger partial charge is 0.485 e. The number of Topliss-reactive ketones (excluding diaryl/α,β-unsaturated/α-hetero) is 1. The van der Waals surface area contributed by atoms with Crippen molar-refractivity contribution in [2.75, 3.05) is 6.61 Å². The molecule has 2 aromatic rings. The van der Waals surface area contributed by atoms with E-state index in [1.165, 1.54) is 12.1 Å². The summed E-state index contributed by atoms with van der Waals surface area (Å²) < 4.78 is 43.7. The van der Waals surface area contributed by atoms with Crippen molar-refractivity contribution in [3.05, 3.63) is 64.2 Å². The van der Waals surface area contributed by atoms with Crippen LogP contribution in [0.25, 0.3) is 0 Å². The maximum absolute atomic E-state index is 12.8. The summed E-state index contributed by atoms with van der Waals surface area (Å²) in [4.78, 5) is 12.2. The van der Waals surface area contributed by atoms with Crippen LogP contribution in [-0.4, -0.2) is 12.4 Å². The van der Waals surface area contributed by atoms with Crippen molar-refractivity contribution in [2.45, 2.75) is 19.0 Å². The number of carbonyl (C=O) groups is 1. The Bertz CT molecular complexity index is 828. The van der Waals surface area contributed by atoms with E-state index in [9.17, 15) is 23.2 Å². The van der Waals surface area contributed by atoms with Gasteiger partial charge < -0.3 is 4.74 Å². The topological polar surface area (TPSA) is 50.1 Å². The van der Waals surface area contributed by atoms with Gasteiger partial charge in [0.25, 0.3) is 0 Å². The molecule has 0 fully saturated rings. The Morgan fingerprint density at radius 1 is 1.28 bits per heavy atom. The molecular weight excluding hydrogens is 355 g/mol. The Kier molecular flexibility index (Phi) is 5.70. The summed E-state index contributed by atoms with van der Waals surface area (Å²) in [6, 6.07) is 10.7. The van der Waals surface area contributed by atoms with Crippen molar-refractivity contribution in [2.24, 2.45) is 0 Å². The van der Waals surface area contributed by atoms with Crippen molar-refractivity contribution in [3.8, 4) is 11.8 Å². The first-order valence-corrected chi connectivity index (χ1v) is 7.58. The number of nitrogens with zero attached hydrogens (tertiary/aromatic N) is 1. The Labute approximate surface area is 147 Å². The van der Waals surface area contributed by atoms with Crippen LogP contribution < -0.4 is 4.74 Å². The zero-order valence-electron chi connectivity index (χ0n) is 13.1. The highest BCUT2D eigenvalue weighted by molar-refractivity contribution is 6.30. The molecule has 0 saturated heterocycles. The molecule has 25 heavy (non-hydrogen) atoms. The molecule has 1 unspecified atom stereocenters. The molecule has 0 saturated carbocycles. The van der Waals surface area contributed by atoms with E-state index >= 15 is 0 Å². The maximum Gasteiger partial charge on any atom is 0.416 e. The van der Waals surface area contributed by atoms with Crippen molar-refractivity contribution in [3.63, 3.8) is 0 Å². The number of alkyl halides is 3. The second-order valence-electron chi connectivity index (χ2n) is 5.35. The summed E-state index contributed by atoms with van der Waals surface area (Å²) in [5.74, 6) is -1.55.